The minimum Gasteiger partial charge on any atom is -0.296 e. The Morgan fingerprint density at radius 3 is 2.58 bits per heavy atom. The summed E-state index contributed by atoms with van der Waals surface area (Å²) in [5, 5.41) is 6.82. The van der Waals surface area contributed by atoms with Crippen molar-refractivity contribution >= 4 is 6.29 Å². The van der Waals surface area contributed by atoms with Crippen molar-refractivity contribution in [3.63, 3.8) is 0 Å². The number of carbonyl (C=O) groups is 1. The molecule has 0 radical (unpaired) electrons. The van der Waals surface area contributed by atoms with Gasteiger partial charge in [0.05, 0.1) is 11.4 Å². The van der Waals surface area contributed by atoms with Crippen LogP contribution >= 0.6 is 0 Å². The number of benzene rings is 1. The summed E-state index contributed by atoms with van der Waals surface area (Å²) in [5.74, 6) is 0. The number of unbranched alkanes of at least 4 members (excludes halogenated alkanes) is 3. The molecule has 2 rings (SSSR count). The van der Waals surface area contributed by atoms with E-state index in [0.29, 0.717) is 5.69 Å². The van der Waals surface area contributed by atoms with E-state index < -0.39 is 0 Å². The molecule has 1 heterocycles. The number of nitrogens with zero attached hydrogens (tertiary/aromatic N) is 1. The summed E-state index contributed by atoms with van der Waals surface area (Å²) in [7, 11) is 0. The fraction of sp³-hybridized carbons (Fsp3) is 0.375. The third-order valence-electron chi connectivity index (χ3n) is 3.29. The summed E-state index contributed by atoms with van der Waals surface area (Å²) in [6, 6.07) is 10.2. The van der Waals surface area contributed by atoms with Gasteiger partial charge in [0, 0.05) is 5.56 Å². The topological polar surface area (TPSA) is 45.8 Å². The number of H-pyrrole nitrogens is 1. The summed E-state index contributed by atoms with van der Waals surface area (Å²) in [6.45, 7) is 2.23. The number of aryl methyl sites for hydroxylation is 1. The molecule has 0 aliphatic carbocycles. The first-order valence-electron chi connectivity index (χ1n) is 6.93. The van der Waals surface area contributed by atoms with Gasteiger partial charge in [0.1, 0.15) is 0 Å². The Bertz CT molecular complexity index is 514. The molecule has 0 unspecified atom stereocenters. The zero-order chi connectivity index (χ0) is 13.5. The van der Waals surface area contributed by atoms with Gasteiger partial charge in [0.15, 0.2) is 6.29 Å². The van der Waals surface area contributed by atoms with Gasteiger partial charge in [-0.1, -0.05) is 50.5 Å². The largest absolute Gasteiger partial charge is 0.296 e. The predicted molar refractivity (Wildman–Crippen MR) is 77.3 cm³/mol. The van der Waals surface area contributed by atoms with E-state index in [4.69, 9.17) is 0 Å². The van der Waals surface area contributed by atoms with Gasteiger partial charge in [-0.3, -0.25) is 9.89 Å². The molecular formula is C16H20N2O. The number of rotatable bonds is 7. The second-order valence-electron chi connectivity index (χ2n) is 4.83. The fourth-order valence-electron chi connectivity index (χ4n) is 2.14. The van der Waals surface area contributed by atoms with E-state index in [-0.39, 0.29) is 0 Å². The first-order chi connectivity index (χ1) is 9.33. The highest BCUT2D eigenvalue weighted by Gasteiger charge is 2.03. The third kappa shape index (κ3) is 3.78. The van der Waals surface area contributed by atoms with Crippen LogP contribution in [0.2, 0.25) is 0 Å². The summed E-state index contributed by atoms with van der Waals surface area (Å²) in [5.41, 5.74) is 3.74. The predicted octanol–water partition coefficient (Wildman–Crippen LogP) is 4.01. The van der Waals surface area contributed by atoms with Crippen molar-refractivity contribution in [3.05, 3.63) is 41.6 Å². The molecular weight excluding hydrogens is 236 g/mol. The Morgan fingerprint density at radius 1 is 1.16 bits per heavy atom. The molecule has 0 saturated carbocycles. The van der Waals surface area contributed by atoms with Crippen LogP contribution in [0.4, 0.5) is 0 Å². The molecule has 0 atom stereocenters. The molecule has 0 fully saturated rings. The highest BCUT2D eigenvalue weighted by Crippen LogP contribution is 2.18. The Balaban J connectivity index is 1.96. The summed E-state index contributed by atoms with van der Waals surface area (Å²) < 4.78 is 0. The smallest absolute Gasteiger partial charge is 0.167 e. The fourth-order valence-corrected chi connectivity index (χ4v) is 2.14. The quantitative estimate of drug-likeness (QED) is 0.601. The monoisotopic (exact) mass is 256 g/mol. The van der Waals surface area contributed by atoms with Crippen LogP contribution in [0.25, 0.3) is 11.3 Å². The van der Waals surface area contributed by atoms with Crippen molar-refractivity contribution in [2.75, 3.05) is 0 Å². The number of hydrogen-bond acceptors (Lipinski definition) is 2. The molecule has 1 aromatic carbocycles. The van der Waals surface area contributed by atoms with E-state index in [0.717, 1.165) is 24.0 Å². The lowest BCUT2D eigenvalue weighted by Crippen LogP contribution is -1.86. The van der Waals surface area contributed by atoms with Gasteiger partial charge >= 0.3 is 0 Å². The van der Waals surface area contributed by atoms with Crippen LogP contribution in [0.1, 0.15) is 48.7 Å². The highest BCUT2D eigenvalue weighted by atomic mass is 16.1. The lowest BCUT2D eigenvalue weighted by atomic mass is 10.0. The molecule has 19 heavy (non-hydrogen) atoms. The van der Waals surface area contributed by atoms with Gasteiger partial charge in [0.2, 0.25) is 0 Å². The van der Waals surface area contributed by atoms with Crippen molar-refractivity contribution in [3.8, 4) is 11.3 Å². The number of hydrogen-bond donors (Lipinski definition) is 1. The Morgan fingerprint density at radius 2 is 1.95 bits per heavy atom. The molecule has 0 amide bonds. The average Bonchev–Trinajstić information content (AvgIpc) is 2.93. The molecule has 3 heteroatoms. The summed E-state index contributed by atoms with van der Waals surface area (Å²) in [4.78, 5) is 10.6. The van der Waals surface area contributed by atoms with Gasteiger partial charge in [-0.2, -0.15) is 5.10 Å². The molecule has 1 aromatic heterocycles. The lowest BCUT2D eigenvalue weighted by molar-refractivity contribution is 0.111. The molecule has 0 saturated heterocycles. The molecule has 0 bridgehead atoms. The van der Waals surface area contributed by atoms with Crippen LogP contribution in [0.15, 0.2) is 30.3 Å². The highest BCUT2D eigenvalue weighted by molar-refractivity contribution is 5.75. The number of carbonyl (C=O) groups excluding carboxylic acids is 1. The summed E-state index contributed by atoms with van der Waals surface area (Å²) >= 11 is 0. The van der Waals surface area contributed by atoms with Crippen LogP contribution in [-0.2, 0) is 6.42 Å². The Kier molecular flexibility index (Phi) is 4.90. The standard InChI is InChI=1S/C16H20N2O/c1-2-3-4-5-6-13-7-9-14(10-8-13)16-11-15(12-19)17-18-16/h7-12H,2-6H2,1H3,(H,17,18). The second kappa shape index (κ2) is 6.88. The van der Waals surface area contributed by atoms with Crippen molar-refractivity contribution in [2.45, 2.75) is 39.0 Å². The van der Waals surface area contributed by atoms with E-state index in [1.807, 2.05) is 0 Å². The Hall–Kier alpha value is -1.90. The van der Waals surface area contributed by atoms with Crippen molar-refractivity contribution in [2.24, 2.45) is 0 Å². The van der Waals surface area contributed by atoms with E-state index in [1.165, 1.54) is 31.2 Å². The van der Waals surface area contributed by atoms with Crippen LogP contribution in [0.5, 0.6) is 0 Å². The van der Waals surface area contributed by atoms with E-state index in [9.17, 15) is 4.79 Å². The maximum Gasteiger partial charge on any atom is 0.167 e. The number of aromatic nitrogens is 2. The first kappa shape index (κ1) is 13.5. The third-order valence-corrected chi connectivity index (χ3v) is 3.29. The van der Waals surface area contributed by atoms with E-state index in [1.54, 1.807) is 6.07 Å². The molecule has 100 valence electrons. The molecule has 0 spiro atoms. The van der Waals surface area contributed by atoms with Gasteiger partial charge in [-0.25, -0.2) is 0 Å². The first-order valence-corrected chi connectivity index (χ1v) is 6.93. The van der Waals surface area contributed by atoms with E-state index >= 15 is 0 Å². The van der Waals surface area contributed by atoms with Gasteiger partial charge in [0.25, 0.3) is 0 Å². The lowest BCUT2D eigenvalue weighted by Gasteiger charge is -2.02. The van der Waals surface area contributed by atoms with E-state index in [2.05, 4.69) is 41.4 Å². The van der Waals surface area contributed by atoms with Gasteiger partial charge in [-0.05, 0) is 24.5 Å². The maximum absolute atomic E-state index is 10.6. The van der Waals surface area contributed by atoms with Crippen molar-refractivity contribution in [1.29, 1.82) is 0 Å². The molecule has 2 aromatic rings. The number of aromatic amines is 1. The van der Waals surface area contributed by atoms with Crippen molar-refractivity contribution < 1.29 is 4.79 Å². The zero-order valence-corrected chi connectivity index (χ0v) is 11.4. The van der Waals surface area contributed by atoms with Crippen LogP contribution < -0.4 is 0 Å². The number of aldehydes is 1. The second-order valence-corrected chi connectivity index (χ2v) is 4.83. The minimum absolute atomic E-state index is 0.513. The molecule has 0 aliphatic heterocycles. The average molecular weight is 256 g/mol. The van der Waals surface area contributed by atoms with Gasteiger partial charge in [-0.15, -0.1) is 0 Å². The SMILES string of the molecule is CCCCCCc1ccc(-c2cc(C=O)[nH]n2)cc1. The molecule has 0 aliphatic rings. The maximum atomic E-state index is 10.6. The molecule has 3 nitrogen and oxygen atoms in total. The van der Waals surface area contributed by atoms with Gasteiger partial charge < -0.3 is 0 Å². The van der Waals surface area contributed by atoms with Crippen LogP contribution in [-0.4, -0.2) is 16.5 Å². The van der Waals surface area contributed by atoms with Crippen LogP contribution in [0, 0.1) is 0 Å². The van der Waals surface area contributed by atoms with Crippen molar-refractivity contribution in [1.82, 2.24) is 10.2 Å². The number of nitrogens with one attached hydrogen (secondary N) is 1. The summed E-state index contributed by atoms with van der Waals surface area (Å²) in [6.07, 6.45) is 7.07. The molecule has 1 N–H and O–H groups in total. The minimum atomic E-state index is 0.513. The normalized spacial score (nSPS) is 10.6. The zero-order valence-electron chi connectivity index (χ0n) is 11.4. The van der Waals surface area contributed by atoms with Crippen LogP contribution in [0.3, 0.4) is 0 Å². The Labute approximate surface area is 114 Å².